The summed E-state index contributed by atoms with van der Waals surface area (Å²) in [5.74, 6) is 5.70. The topological polar surface area (TPSA) is 42.2 Å². The van der Waals surface area contributed by atoms with Gasteiger partial charge in [0.1, 0.15) is 0 Å². The zero-order valence-corrected chi connectivity index (χ0v) is 9.35. The number of nitrogens with one attached hydrogen (secondary N) is 1. The summed E-state index contributed by atoms with van der Waals surface area (Å²) in [6, 6.07) is 3.30. The molecule has 0 aliphatic heterocycles. The van der Waals surface area contributed by atoms with Crippen LogP contribution in [0.15, 0.2) is 21.2 Å². The zero-order chi connectivity index (χ0) is 10.4. The van der Waals surface area contributed by atoms with Crippen LogP contribution >= 0.6 is 15.9 Å². The van der Waals surface area contributed by atoms with E-state index < -0.39 is 0 Å². The molecule has 1 amide bonds. The fourth-order valence-electron chi connectivity index (χ4n) is 0.887. The lowest BCUT2D eigenvalue weighted by Gasteiger charge is -1.98. The van der Waals surface area contributed by atoms with Crippen LogP contribution in [-0.4, -0.2) is 12.5 Å². The van der Waals surface area contributed by atoms with Gasteiger partial charge in [-0.25, -0.2) is 0 Å². The molecule has 3 nitrogen and oxygen atoms in total. The Morgan fingerprint density at radius 2 is 2.43 bits per heavy atom. The second-order valence-corrected chi connectivity index (χ2v) is 3.32. The average molecular weight is 256 g/mol. The van der Waals surface area contributed by atoms with Crippen molar-refractivity contribution in [3.05, 3.63) is 22.6 Å². The first-order valence-corrected chi connectivity index (χ1v) is 4.96. The Bertz CT molecular complexity index is 373. The number of halogens is 1. The van der Waals surface area contributed by atoms with Gasteiger partial charge in [-0.3, -0.25) is 4.79 Å². The number of hydrogen-bond acceptors (Lipinski definition) is 2. The maximum absolute atomic E-state index is 11.3. The quantitative estimate of drug-likeness (QED) is 0.665. The van der Waals surface area contributed by atoms with E-state index in [1.54, 1.807) is 19.1 Å². The smallest absolute Gasteiger partial charge is 0.287 e. The van der Waals surface area contributed by atoms with Crippen molar-refractivity contribution in [1.29, 1.82) is 0 Å². The maximum atomic E-state index is 11.3. The van der Waals surface area contributed by atoms with Crippen LogP contribution in [0.5, 0.6) is 0 Å². The first-order chi connectivity index (χ1) is 6.74. The molecule has 1 rings (SSSR count). The second kappa shape index (κ2) is 5.51. The third-order valence-electron chi connectivity index (χ3n) is 1.51. The van der Waals surface area contributed by atoms with Crippen molar-refractivity contribution in [1.82, 2.24) is 5.32 Å². The molecule has 0 unspecified atom stereocenters. The summed E-state index contributed by atoms with van der Waals surface area (Å²) in [6.07, 6.45) is 0.657. The lowest BCUT2D eigenvalue weighted by atomic mass is 10.4. The molecule has 0 fully saturated rings. The highest BCUT2D eigenvalue weighted by Gasteiger charge is 2.08. The summed E-state index contributed by atoms with van der Waals surface area (Å²) < 4.78 is 5.62. The van der Waals surface area contributed by atoms with Crippen LogP contribution in [0, 0.1) is 11.8 Å². The lowest BCUT2D eigenvalue weighted by molar-refractivity contribution is 0.0925. The first-order valence-electron chi connectivity index (χ1n) is 4.17. The van der Waals surface area contributed by atoms with Crippen molar-refractivity contribution in [2.75, 3.05) is 6.54 Å². The third kappa shape index (κ3) is 3.27. The molecule has 14 heavy (non-hydrogen) atoms. The summed E-state index contributed by atoms with van der Waals surface area (Å²) in [6.45, 7) is 2.31. The standard InChI is InChI=1S/C10H10BrNO2/c1-2-3-4-7-12-10(13)8-5-6-9(11)14-8/h5-6H,4,7H2,1H3,(H,12,13). The molecule has 0 atom stereocenters. The van der Waals surface area contributed by atoms with Crippen molar-refractivity contribution in [2.45, 2.75) is 13.3 Å². The van der Waals surface area contributed by atoms with Crippen LogP contribution in [-0.2, 0) is 0 Å². The molecule has 1 heterocycles. The van der Waals surface area contributed by atoms with Gasteiger partial charge in [-0.2, -0.15) is 0 Å². The molecular weight excluding hydrogens is 246 g/mol. The van der Waals surface area contributed by atoms with Gasteiger partial charge in [0.05, 0.1) is 0 Å². The van der Waals surface area contributed by atoms with Gasteiger partial charge in [0, 0.05) is 13.0 Å². The normalized spacial score (nSPS) is 9.00. The van der Waals surface area contributed by atoms with E-state index in [1.807, 2.05) is 0 Å². The number of amides is 1. The van der Waals surface area contributed by atoms with Crippen LogP contribution in [0.1, 0.15) is 23.9 Å². The van der Waals surface area contributed by atoms with E-state index in [1.165, 1.54) is 0 Å². The minimum Gasteiger partial charge on any atom is -0.444 e. The van der Waals surface area contributed by atoms with Gasteiger partial charge < -0.3 is 9.73 Å². The molecule has 0 saturated carbocycles. The van der Waals surface area contributed by atoms with E-state index in [9.17, 15) is 4.79 Å². The van der Waals surface area contributed by atoms with Gasteiger partial charge in [0.15, 0.2) is 10.4 Å². The fraction of sp³-hybridized carbons (Fsp3) is 0.300. The summed E-state index contributed by atoms with van der Waals surface area (Å²) >= 11 is 3.12. The minimum atomic E-state index is -0.214. The molecule has 1 aromatic heterocycles. The number of carbonyl (C=O) groups excluding carboxylic acids is 1. The third-order valence-corrected chi connectivity index (χ3v) is 1.94. The van der Waals surface area contributed by atoms with Gasteiger partial charge in [0.25, 0.3) is 5.91 Å². The van der Waals surface area contributed by atoms with Crippen molar-refractivity contribution in [3.63, 3.8) is 0 Å². The number of hydrogen-bond donors (Lipinski definition) is 1. The van der Waals surface area contributed by atoms with Crippen LogP contribution in [0.3, 0.4) is 0 Å². The molecule has 0 radical (unpaired) electrons. The zero-order valence-electron chi connectivity index (χ0n) is 7.76. The largest absolute Gasteiger partial charge is 0.444 e. The highest BCUT2D eigenvalue weighted by molar-refractivity contribution is 9.10. The van der Waals surface area contributed by atoms with E-state index in [2.05, 4.69) is 33.1 Å². The van der Waals surface area contributed by atoms with Crippen LogP contribution in [0.2, 0.25) is 0 Å². The highest BCUT2D eigenvalue weighted by Crippen LogP contribution is 2.13. The van der Waals surface area contributed by atoms with Crippen molar-refractivity contribution in [3.8, 4) is 11.8 Å². The predicted molar refractivity (Wildman–Crippen MR) is 56.8 cm³/mol. The predicted octanol–water partition coefficient (Wildman–Crippen LogP) is 2.19. The molecular formula is C10H10BrNO2. The number of rotatable bonds is 3. The van der Waals surface area contributed by atoms with Gasteiger partial charge in [-0.05, 0) is 35.0 Å². The van der Waals surface area contributed by atoms with E-state index in [-0.39, 0.29) is 5.91 Å². The Morgan fingerprint density at radius 3 is 3.00 bits per heavy atom. The van der Waals surface area contributed by atoms with Crippen molar-refractivity contribution >= 4 is 21.8 Å². The summed E-state index contributed by atoms with van der Waals surface area (Å²) in [7, 11) is 0. The molecule has 0 aromatic carbocycles. The van der Waals surface area contributed by atoms with Gasteiger partial charge >= 0.3 is 0 Å². The highest BCUT2D eigenvalue weighted by atomic mass is 79.9. The van der Waals surface area contributed by atoms with E-state index in [0.717, 1.165) is 0 Å². The Kier molecular flexibility index (Phi) is 4.27. The first kappa shape index (κ1) is 10.9. The molecule has 0 bridgehead atoms. The van der Waals surface area contributed by atoms with Gasteiger partial charge in [0.2, 0.25) is 0 Å². The number of furan rings is 1. The molecule has 0 saturated heterocycles. The second-order valence-electron chi connectivity index (χ2n) is 2.54. The minimum absolute atomic E-state index is 0.214. The van der Waals surface area contributed by atoms with Crippen LogP contribution in [0.4, 0.5) is 0 Å². The average Bonchev–Trinajstić information content (AvgIpc) is 2.59. The van der Waals surface area contributed by atoms with Crippen LogP contribution in [0.25, 0.3) is 0 Å². The van der Waals surface area contributed by atoms with Gasteiger partial charge in [-0.15, -0.1) is 11.8 Å². The SMILES string of the molecule is CC#CCCNC(=O)c1ccc(Br)o1. The summed E-state index contributed by atoms with van der Waals surface area (Å²) in [5.41, 5.74) is 0. The molecule has 74 valence electrons. The van der Waals surface area contributed by atoms with Crippen molar-refractivity contribution in [2.24, 2.45) is 0 Å². The summed E-state index contributed by atoms with van der Waals surface area (Å²) in [5, 5.41) is 2.69. The van der Waals surface area contributed by atoms with E-state index in [4.69, 9.17) is 4.42 Å². The van der Waals surface area contributed by atoms with Crippen molar-refractivity contribution < 1.29 is 9.21 Å². The maximum Gasteiger partial charge on any atom is 0.287 e. The molecule has 0 aliphatic carbocycles. The Balaban J connectivity index is 2.38. The molecule has 0 aliphatic rings. The lowest BCUT2D eigenvalue weighted by Crippen LogP contribution is -2.23. The monoisotopic (exact) mass is 255 g/mol. The fourth-order valence-corrected chi connectivity index (χ4v) is 1.19. The van der Waals surface area contributed by atoms with Gasteiger partial charge in [-0.1, -0.05) is 0 Å². The van der Waals surface area contributed by atoms with E-state index >= 15 is 0 Å². The Hall–Kier alpha value is -1.21. The molecule has 1 N–H and O–H groups in total. The Labute approximate surface area is 91.0 Å². The Morgan fingerprint density at radius 1 is 1.64 bits per heavy atom. The molecule has 4 heteroatoms. The molecule has 1 aromatic rings. The number of carbonyl (C=O) groups is 1. The molecule has 0 spiro atoms. The summed E-state index contributed by atoms with van der Waals surface area (Å²) in [4.78, 5) is 11.3. The van der Waals surface area contributed by atoms with Crippen LogP contribution < -0.4 is 5.32 Å². The van der Waals surface area contributed by atoms with E-state index in [0.29, 0.717) is 23.4 Å².